The first kappa shape index (κ1) is 26.3. The predicted molar refractivity (Wildman–Crippen MR) is 140 cm³/mol. The Hall–Kier alpha value is -3.32. The van der Waals surface area contributed by atoms with Crippen LogP contribution in [0.25, 0.3) is 0 Å². The van der Waals surface area contributed by atoms with E-state index in [0.29, 0.717) is 18.0 Å². The van der Waals surface area contributed by atoms with Gasteiger partial charge in [-0.3, -0.25) is 9.10 Å². The third kappa shape index (κ3) is 6.22. The molecule has 0 bridgehead atoms. The Kier molecular flexibility index (Phi) is 8.57. The highest BCUT2D eigenvalue weighted by molar-refractivity contribution is 7.92. The summed E-state index contributed by atoms with van der Waals surface area (Å²) >= 11 is 0. The molecule has 3 rings (SSSR count). The van der Waals surface area contributed by atoms with E-state index < -0.39 is 10.0 Å². The van der Waals surface area contributed by atoms with Gasteiger partial charge in [0.1, 0.15) is 12.3 Å². The largest absolute Gasteiger partial charge is 0.496 e. The molecule has 0 radical (unpaired) electrons. The van der Waals surface area contributed by atoms with E-state index in [9.17, 15) is 13.2 Å². The molecule has 0 aliphatic carbocycles. The first-order chi connectivity index (χ1) is 16.7. The molecule has 6 nitrogen and oxygen atoms in total. The number of sulfonamides is 1. The summed E-state index contributed by atoms with van der Waals surface area (Å²) in [6, 6.07) is 21.0. The molecule has 0 fully saturated rings. The molecule has 0 saturated carbocycles. The van der Waals surface area contributed by atoms with Gasteiger partial charge >= 0.3 is 0 Å². The Morgan fingerprint density at radius 1 is 0.971 bits per heavy atom. The number of anilines is 1. The van der Waals surface area contributed by atoms with Crippen molar-refractivity contribution in [1.29, 1.82) is 0 Å². The van der Waals surface area contributed by atoms with Crippen molar-refractivity contribution in [2.45, 2.75) is 51.0 Å². The van der Waals surface area contributed by atoms with Gasteiger partial charge in [-0.05, 0) is 66.3 Å². The van der Waals surface area contributed by atoms with Gasteiger partial charge < -0.3 is 10.1 Å². The summed E-state index contributed by atoms with van der Waals surface area (Å²) in [7, 11) is -2.33. The number of carbonyl (C=O) groups excluding carboxylic acids is 1. The second-order valence-corrected chi connectivity index (χ2v) is 10.7. The van der Waals surface area contributed by atoms with Crippen LogP contribution in [-0.4, -0.2) is 28.0 Å². The molecule has 3 aromatic carbocycles. The first-order valence-corrected chi connectivity index (χ1v) is 13.2. The minimum atomic E-state index is -3.95. The molecule has 3 aromatic rings. The van der Waals surface area contributed by atoms with Crippen molar-refractivity contribution in [3.05, 3.63) is 89.5 Å². The molecule has 0 saturated heterocycles. The van der Waals surface area contributed by atoms with Gasteiger partial charge in [0.15, 0.2) is 0 Å². The van der Waals surface area contributed by atoms with E-state index in [1.54, 1.807) is 37.4 Å². The molecule has 186 valence electrons. The Morgan fingerprint density at radius 2 is 1.60 bits per heavy atom. The highest BCUT2D eigenvalue weighted by Gasteiger charge is 2.28. The summed E-state index contributed by atoms with van der Waals surface area (Å²) in [6.45, 7) is 7.75. The van der Waals surface area contributed by atoms with E-state index in [0.717, 1.165) is 22.4 Å². The summed E-state index contributed by atoms with van der Waals surface area (Å²) in [5.74, 6) is 0.711. The summed E-state index contributed by atoms with van der Waals surface area (Å²) in [6.07, 6.45) is 0.659. The Bertz CT molecular complexity index is 1240. The SMILES string of the molecule is CCC(NC(=O)CN(c1ccc(C(C)C)cc1)S(=O)(=O)c1ccccc1)c1ccc(OC)c(C)c1. The second kappa shape index (κ2) is 11.4. The number of aryl methyl sites for hydroxylation is 1. The van der Waals surface area contributed by atoms with Crippen LogP contribution in [0.3, 0.4) is 0 Å². The number of ether oxygens (including phenoxy) is 1. The monoisotopic (exact) mass is 494 g/mol. The van der Waals surface area contributed by atoms with E-state index in [-0.39, 0.29) is 23.4 Å². The molecule has 1 N–H and O–H groups in total. The molecular formula is C28H34N2O4S. The molecule has 0 spiro atoms. The Balaban J connectivity index is 1.90. The number of hydrogen-bond donors (Lipinski definition) is 1. The maximum Gasteiger partial charge on any atom is 0.264 e. The zero-order valence-electron chi connectivity index (χ0n) is 21.0. The van der Waals surface area contributed by atoms with E-state index in [4.69, 9.17) is 4.74 Å². The number of hydrogen-bond acceptors (Lipinski definition) is 4. The Morgan fingerprint density at radius 3 is 2.14 bits per heavy atom. The van der Waals surface area contributed by atoms with Crippen LogP contribution < -0.4 is 14.4 Å². The van der Waals surface area contributed by atoms with Crippen molar-refractivity contribution in [1.82, 2.24) is 5.32 Å². The summed E-state index contributed by atoms with van der Waals surface area (Å²) in [4.78, 5) is 13.3. The number of rotatable bonds is 10. The summed E-state index contributed by atoms with van der Waals surface area (Å²) in [5.41, 5.74) is 3.45. The minimum Gasteiger partial charge on any atom is -0.496 e. The quantitative estimate of drug-likeness (QED) is 0.399. The highest BCUT2D eigenvalue weighted by Crippen LogP contribution is 2.27. The lowest BCUT2D eigenvalue weighted by molar-refractivity contribution is -0.120. The van der Waals surface area contributed by atoms with Crippen molar-refractivity contribution < 1.29 is 17.9 Å². The van der Waals surface area contributed by atoms with Crippen LogP contribution in [0.2, 0.25) is 0 Å². The molecule has 0 aromatic heterocycles. The van der Waals surface area contributed by atoms with Crippen LogP contribution in [-0.2, 0) is 14.8 Å². The molecule has 1 amide bonds. The maximum atomic E-state index is 13.6. The number of amides is 1. The van der Waals surface area contributed by atoms with Crippen LogP contribution in [0.1, 0.15) is 55.8 Å². The zero-order chi connectivity index (χ0) is 25.6. The molecule has 1 atom stereocenters. The molecule has 0 aliphatic heterocycles. The van der Waals surface area contributed by atoms with Crippen LogP contribution >= 0.6 is 0 Å². The number of carbonyl (C=O) groups is 1. The van der Waals surface area contributed by atoms with Gasteiger partial charge in [-0.25, -0.2) is 8.42 Å². The first-order valence-electron chi connectivity index (χ1n) is 11.8. The van der Waals surface area contributed by atoms with Crippen molar-refractivity contribution in [3.63, 3.8) is 0 Å². The van der Waals surface area contributed by atoms with Crippen LogP contribution in [0.15, 0.2) is 77.7 Å². The molecule has 1 unspecified atom stereocenters. The summed E-state index contributed by atoms with van der Waals surface area (Å²) in [5, 5.41) is 3.02. The lowest BCUT2D eigenvalue weighted by atomic mass is 10.0. The van der Waals surface area contributed by atoms with Crippen molar-refractivity contribution in [2.24, 2.45) is 0 Å². The van der Waals surface area contributed by atoms with E-state index in [2.05, 4.69) is 19.2 Å². The fourth-order valence-electron chi connectivity index (χ4n) is 3.97. The number of benzene rings is 3. The predicted octanol–water partition coefficient (Wildman–Crippen LogP) is 5.59. The molecule has 0 aliphatic rings. The normalized spacial score (nSPS) is 12.3. The highest BCUT2D eigenvalue weighted by atomic mass is 32.2. The number of methoxy groups -OCH3 is 1. The van der Waals surface area contributed by atoms with Gasteiger partial charge in [0, 0.05) is 0 Å². The van der Waals surface area contributed by atoms with Gasteiger partial charge in [-0.2, -0.15) is 0 Å². The minimum absolute atomic E-state index is 0.138. The van der Waals surface area contributed by atoms with Crippen LogP contribution in [0.4, 0.5) is 5.69 Å². The third-order valence-corrected chi connectivity index (χ3v) is 7.82. The van der Waals surface area contributed by atoms with E-state index in [1.807, 2.05) is 44.2 Å². The molecular weight excluding hydrogens is 460 g/mol. The number of nitrogens with one attached hydrogen (secondary N) is 1. The second-order valence-electron chi connectivity index (χ2n) is 8.83. The fourth-order valence-corrected chi connectivity index (χ4v) is 5.41. The van der Waals surface area contributed by atoms with Gasteiger partial charge in [0.25, 0.3) is 10.0 Å². The van der Waals surface area contributed by atoms with Crippen molar-refractivity contribution in [3.8, 4) is 5.75 Å². The van der Waals surface area contributed by atoms with Crippen molar-refractivity contribution >= 4 is 21.6 Å². The lowest BCUT2D eigenvalue weighted by Gasteiger charge is -2.26. The van der Waals surface area contributed by atoms with Crippen molar-refractivity contribution in [2.75, 3.05) is 18.0 Å². The fraction of sp³-hybridized carbons (Fsp3) is 0.321. The maximum absolute atomic E-state index is 13.6. The van der Waals surface area contributed by atoms with Gasteiger partial charge in [-0.15, -0.1) is 0 Å². The number of nitrogens with zero attached hydrogens (tertiary/aromatic N) is 1. The van der Waals surface area contributed by atoms with Crippen LogP contribution in [0, 0.1) is 6.92 Å². The molecule has 0 heterocycles. The van der Waals surface area contributed by atoms with Gasteiger partial charge in [-0.1, -0.05) is 63.2 Å². The topological polar surface area (TPSA) is 75.7 Å². The zero-order valence-corrected chi connectivity index (χ0v) is 21.8. The van der Waals surface area contributed by atoms with Crippen LogP contribution in [0.5, 0.6) is 5.75 Å². The standard InChI is InChI=1S/C28H34N2O4S/c1-6-26(23-14-17-27(34-5)21(4)18-23)29-28(31)19-30(24-15-12-22(13-16-24)20(2)3)35(32,33)25-10-8-7-9-11-25/h7-18,20,26H,6,19H2,1-5H3,(H,29,31). The van der Waals surface area contributed by atoms with E-state index >= 15 is 0 Å². The molecule has 35 heavy (non-hydrogen) atoms. The summed E-state index contributed by atoms with van der Waals surface area (Å²) < 4.78 is 33.6. The smallest absolute Gasteiger partial charge is 0.264 e. The third-order valence-electron chi connectivity index (χ3n) is 6.03. The Labute approximate surface area is 209 Å². The average molecular weight is 495 g/mol. The average Bonchev–Trinajstić information content (AvgIpc) is 2.86. The lowest BCUT2D eigenvalue weighted by Crippen LogP contribution is -2.42. The molecule has 7 heteroatoms. The van der Waals surface area contributed by atoms with Gasteiger partial charge in [0.2, 0.25) is 5.91 Å². The van der Waals surface area contributed by atoms with Gasteiger partial charge in [0.05, 0.1) is 23.7 Å². The van der Waals surface area contributed by atoms with E-state index in [1.165, 1.54) is 16.4 Å².